The van der Waals surface area contributed by atoms with Gasteiger partial charge >= 0.3 is 15.6 Å². The number of alkyl halides is 3. The van der Waals surface area contributed by atoms with Crippen molar-refractivity contribution < 1.29 is 30.6 Å². The first-order valence-corrected chi connectivity index (χ1v) is 6.54. The molecule has 8 heteroatoms. The van der Waals surface area contributed by atoms with Gasteiger partial charge in [0.2, 0.25) is 0 Å². The summed E-state index contributed by atoms with van der Waals surface area (Å²) >= 11 is 0. The third-order valence-corrected chi connectivity index (χ3v) is 3.57. The van der Waals surface area contributed by atoms with E-state index < -0.39 is 27.5 Å². The van der Waals surface area contributed by atoms with Crippen molar-refractivity contribution in [3.05, 3.63) is 0 Å². The average molecular weight is 274 g/mol. The first kappa shape index (κ1) is 14.4. The summed E-state index contributed by atoms with van der Waals surface area (Å²) in [5.41, 5.74) is -5.49. The molecule has 1 aliphatic rings. The molecule has 0 unspecified atom stereocenters. The summed E-state index contributed by atoms with van der Waals surface area (Å²) in [5, 5.41) is 0. The number of rotatable bonds is 6. The molecule has 4 nitrogen and oxygen atoms in total. The number of carbonyl (C=O) groups is 1. The average Bonchev–Trinajstić information content (AvgIpc) is 2.93. The Bertz CT molecular complexity index is 384. The summed E-state index contributed by atoms with van der Waals surface area (Å²) in [6.45, 7) is 1.02. The Morgan fingerprint density at radius 3 is 2.29 bits per heavy atom. The van der Waals surface area contributed by atoms with E-state index in [-0.39, 0.29) is 6.42 Å². The molecule has 17 heavy (non-hydrogen) atoms. The molecule has 0 saturated heterocycles. The Hall–Kier alpha value is -0.630. The maximum Gasteiger partial charge on any atom is 0.523 e. The van der Waals surface area contributed by atoms with E-state index in [2.05, 4.69) is 4.18 Å². The van der Waals surface area contributed by atoms with Gasteiger partial charge in [0.1, 0.15) is 6.10 Å². The second-order valence-corrected chi connectivity index (χ2v) is 5.68. The monoisotopic (exact) mass is 274 g/mol. The molecule has 0 aromatic rings. The van der Waals surface area contributed by atoms with Gasteiger partial charge in [0.15, 0.2) is 5.78 Å². The lowest BCUT2D eigenvalue weighted by atomic mass is 10.1. The molecule has 0 bridgehead atoms. The molecule has 0 spiro atoms. The lowest BCUT2D eigenvalue weighted by Gasteiger charge is -2.15. The molecule has 0 heterocycles. The molecule has 0 aromatic carbocycles. The predicted molar refractivity (Wildman–Crippen MR) is 52.5 cm³/mol. The van der Waals surface area contributed by atoms with Gasteiger partial charge in [-0.2, -0.15) is 21.6 Å². The van der Waals surface area contributed by atoms with E-state index in [1.165, 1.54) is 0 Å². The van der Waals surface area contributed by atoms with Gasteiger partial charge < -0.3 is 0 Å². The Morgan fingerprint density at radius 2 is 1.94 bits per heavy atom. The van der Waals surface area contributed by atoms with Crippen LogP contribution in [0.1, 0.15) is 32.6 Å². The maximum absolute atomic E-state index is 12.0. The van der Waals surface area contributed by atoms with Gasteiger partial charge in [-0.3, -0.25) is 8.98 Å². The van der Waals surface area contributed by atoms with Crippen molar-refractivity contribution >= 4 is 15.9 Å². The van der Waals surface area contributed by atoms with Crippen LogP contribution in [0, 0.1) is 5.92 Å². The lowest BCUT2D eigenvalue weighted by molar-refractivity contribution is -0.124. The largest absolute Gasteiger partial charge is 0.523 e. The fourth-order valence-electron chi connectivity index (χ4n) is 1.32. The number of hydrogen-bond donors (Lipinski definition) is 0. The first-order chi connectivity index (χ1) is 7.63. The van der Waals surface area contributed by atoms with Crippen LogP contribution in [0.5, 0.6) is 0 Å². The Labute approximate surface area is 97.3 Å². The normalized spacial score (nSPS) is 19.1. The van der Waals surface area contributed by atoms with Crippen LogP contribution in [0.3, 0.4) is 0 Å². The molecule has 1 saturated carbocycles. The summed E-state index contributed by atoms with van der Waals surface area (Å²) in [6, 6.07) is 0. The van der Waals surface area contributed by atoms with Gasteiger partial charge in [-0.05, 0) is 25.7 Å². The predicted octanol–water partition coefficient (Wildman–Crippen LogP) is 2.00. The molecule has 0 aromatic heterocycles. The van der Waals surface area contributed by atoms with Crippen molar-refractivity contribution in [3.8, 4) is 0 Å². The fraction of sp³-hybridized carbons (Fsp3) is 0.889. The fourth-order valence-corrected chi connectivity index (χ4v) is 1.97. The van der Waals surface area contributed by atoms with Crippen LogP contribution in [0.25, 0.3) is 0 Å². The van der Waals surface area contributed by atoms with Crippen LogP contribution in [0.4, 0.5) is 13.2 Å². The molecular formula is C9H13F3O4S. The smallest absolute Gasteiger partial charge is 0.297 e. The molecule has 1 fully saturated rings. The van der Waals surface area contributed by atoms with E-state index in [9.17, 15) is 26.4 Å². The van der Waals surface area contributed by atoms with Crippen LogP contribution in [0.2, 0.25) is 0 Å². The molecule has 1 rings (SSSR count). The van der Waals surface area contributed by atoms with Crippen molar-refractivity contribution in [2.24, 2.45) is 5.92 Å². The number of ketones is 1. The summed E-state index contributed by atoms with van der Waals surface area (Å²) in [7, 11) is -5.69. The van der Waals surface area contributed by atoms with Gasteiger partial charge in [0.25, 0.3) is 0 Å². The standard InChI is InChI=1S/C9H13F3O4S/c1-6(13)8(5-4-7-2-3-7)16-17(14,15)9(10,11)12/h7-8H,2-5H2,1H3/t8-/m1/s1. The number of carbonyl (C=O) groups excluding carboxylic acids is 1. The molecule has 0 N–H and O–H groups in total. The molecule has 0 aliphatic heterocycles. The zero-order valence-corrected chi connectivity index (χ0v) is 9.97. The van der Waals surface area contributed by atoms with Crippen LogP contribution in [0.15, 0.2) is 0 Å². The van der Waals surface area contributed by atoms with Crippen LogP contribution < -0.4 is 0 Å². The van der Waals surface area contributed by atoms with E-state index in [0.717, 1.165) is 19.8 Å². The highest BCUT2D eigenvalue weighted by Crippen LogP contribution is 2.35. The quantitative estimate of drug-likeness (QED) is 0.549. The van der Waals surface area contributed by atoms with E-state index in [4.69, 9.17) is 0 Å². The van der Waals surface area contributed by atoms with Crippen molar-refractivity contribution in [3.63, 3.8) is 0 Å². The Morgan fingerprint density at radius 1 is 1.41 bits per heavy atom. The van der Waals surface area contributed by atoms with E-state index in [1.54, 1.807) is 0 Å². The van der Waals surface area contributed by atoms with Gasteiger partial charge in [0, 0.05) is 0 Å². The molecule has 100 valence electrons. The van der Waals surface area contributed by atoms with Crippen molar-refractivity contribution in [1.82, 2.24) is 0 Å². The second kappa shape index (κ2) is 4.93. The maximum atomic E-state index is 12.0. The lowest BCUT2D eigenvalue weighted by Crippen LogP contribution is -2.33. The number of Topliss-reactive ketones (excluding diaryl/α,β-unsaturated/α-hetero) is 1. The highest BCUT2D eigenvalue weighted by atomic mass is 32.2. The van der Waals surface area contributed by atoms with E-state index in [0.29, 0.717) is 12.3 Å². The number of hydrogen-bond acceptors (Lipinski definition) is 4. The molecule has 0 amide bonds. The topological polar surface area (TPSA) is 60.4 Å². The van der Waals surface area contributed by atoms with Gasteiger partial charge in [-0.15, -0.1) is 0 Å². The van der Waals surface area contributed by atoms with Crippen molar-refractivity contribution in [2.75, 3.05) is 0 Å². The Balaban J connectivity index is 2.62. The Kier molecular flexibility index (Phi) is 4.19. The highest BCUT2D eigenvalue weighted by Gasteiger charge is 2.49. The zero-order valence-electron chi connectivity index (χ0n) is 9.16. The van der Waals surface area contributed by atoms with Gasteiger partial charge in [0.05, 0.1) is 0 Å². The van der Waals surface area contributed by atoms with E-state index >= 15 is 0 Å². The third kappa shape index (κ3) is 4.27. The third-order valence-electron chi connectivity index (χ3n) is 2.51. The minimum Gasteiger partial charge on any atom is -0.297 e. The summed E-state index contributed by atoms with van der Waals surface area (Å²) in [4.78, 5) is 11.0. The summed E-state index contributed by atoms with van der Waals surface area (Å²) in [6.07, 6.45) is 0.933. The summed E-state index contributed by atoms with van der Waals surface area (Å²) < 4.78 is 61.5. The second-order valence-electron chi connectivity index (χ2n) is 4.12. The molecule has 0 radical (unpaired) electrons. The minimum absolute atomic E-state index is 0.00924. The van der Waals surface area contributed by atoms with Gasteiger partial charge in [-0.25, -0.2) is 0 Å². The SMILES string of the molecule is CC(=O)[C@@H](CCC1CC1)OS(=O)(=O)C(F)(F)F. The zero-order chi connectivity index (χ0) is 13.3. The van der Waals surface area contributed by atoms with Gasteiger partial charge in [-0.1, -0.05) is 12.8 Å². The van der Waals surface area contributed by atoms with Crippen LogP contribution in [-0.4, -0.2) is 25.8 Å². The molecule has 1 aliphatic carbocycles. The first-order valence-electron chi connectivity index (χ1n) is 5.13. The van der Waals surface area contributed by atoms with Crippen LogP contribution in [-0.2, 0) is 19.1 Å². The molecule has 1 atom stereocenters. The van der Waals surface area contributed by atoms with E-state index in [1.807, 2.05) is 0 Å². The van der Waals surface area contributed by atoms with Crippen molar-refractivity contribution in [1.29, 1.82) is 0 Å². The van der Waals surface area contributed by atoms with Crippen molar-refractivity contribution in [2.45, 2.75) is 44.2 Å². The van der Waals surface area contributed by atoms with Crippen LogP contribution >= 0.6 is 0 Å². The minimum atomic E-state index is -5.69. The number of halogens is 3. The summed E-state index contributed by atoms with van der Waals surface area (Å²) in [5.74, 6) is -0.326. The highest BCUT2D eigenvalue weighted by molar-refractivity contribution is 7.87. The molecular weight excluding hydrogens is 261 g/mol.